The van der Waals surface area contributed by atoms with Crippen molar-refractivity contribution < 1.29 is 9.47 Å². The Bertz CT molecular complexity index is 672. The molecule has 0 saturated heterocycles. The zero-order chi connectivity index (χ0) is 14.3. The van der Waals surface area contributed by atoms with E-state index in [9.17, 15) is 0 Å². The van der Waals surface area contributed by atoms with Crippen molar-refractivity contribution in [1.82, 2.24) is 9.97 Å². The highest BCUT2D eigenvalue weighted by molar-refractivity contribution is 7.08. The minimum Gasteiger partial charge on any atom is -0.490 e. The number of ether oxygens (including phenoxy) is 2. The maximum atomic E-state index is 5.69. The molecule has 2 heterocycles. The summed E-state index contributed by atoms with van der Waals surface area (Å²) in [6, 6.07) is 11.7. The van der Waals surface area contributed by atoms with Crippen LogP contribution in [-0.2, 0) is 0 Å². The van der Waals surface area contributed by atoms with Crippen molar-refractivity contribution in [1.29, 1.82) is 0 Å². The summed E-state index contributed by atoms with van der Waals surface area (Å²) in [5.74, 6) is 1.37. The number of hydrogen-bond acceptors (Lipinski definition) is 5. The first kappa shape index (κ1) is 13.6. The fraction of sp³-hybridized carbons (Fsp3) is 0.125. The number of nitrogens with zero attached hydrogens (tertiary/aromatic N) is 2. The molecule has 0 aliphatic carbocycles. The van der Waals surface area contributed by atoms with Gasteiger partial charge in [0.25, 0.3) is 0 Å². The summed E-state index contributed by atoms with van der Waals surface area (Å²) in [4.78, 5) is 8.58. The van der Waals surface area contributed by atoms with E-state index in [1.165, 1.54) is 0 Å². The molecular weight excluding hydrogens is 284 g/mol. The zero-order valence-electron chi connectivity index (χ0n) is 11.3. The Balaban J connectivity index is 1.59. The lowest BCUT2D eigenvalue weighted by atomic mass is 10.2. The molecule has 0 atom stereocenters. The van der Waals surface area contributed by atoms with Crippen LogP contribution in [0.4, 0.5) is 0 Å². The molecule has 0 amide bonds. The molecule has 3 aromatic rings. The highest BCUT2D eigenvalue weighted by atomic mass is 32.1. The lowest BCUT2D eigenvalue weighted by Crippen LogP contribution is -2.10. The van der Waals surface area contributed by atoms with Crippen molar-refractivity contribution in [3.8, 4) is 22.9 Å². The van der Waals surface area contributed by atoms with Crippen LogP contribution in [0.3, 0.4) is 0 Å². The molecule has 1 aromatic carbocycles. The van der Waals surface area contributed by atoms with Crippen LogP contribution in [0.5, 0.6) is 11.6 Å². The largest absolute Gasteiger partial charge is 0.490 e. The van der Waals surface area contributed by atoms with Gasteiger partial charge in [0.15, 0.2) is 0 Å². The normalized spacial score (nSPS) is 10.3. The number of para-hydroxylation sites is 1. The molecule has 4 nitrogen and oxygen atoms in total. The van der Waals surface area contributed by atoms with Gasteiger partial charge >= 0.3 is 0 Å². The maximum Gasteiger partial charge on any atom is 0.240 e. The van der Waals surface area contributed by atoms with Gasteiger partial charge in [0.1, 0.15) is 24.7 Å². The molecule has 0 unspecified atom stereocenters. The highest BCUT2D eigenvalue weighted by Gasteiger charge is 2.09. The summed E-state index contributed by atoms with van der Waals surface area (Å²) in [7, 11) is 0. The summed E-state index contributed by atoms with van der Waals surface area (Å²) in [6.07, 6.45) is 3.30. The van der Waals surface area contributed by atoms with Crippen LogP contribution in [0.2, 0.25) is 0 Å². The van der Waals surface area contributed by atoms with Gasteiger partial charge in [0.2, 0.25) is 5.88 Å². The van der Waals surface area contributed by atoms with Gasteiger partial charge in [-0.2, -0.15) is 11.3 Å². The molecule has 0 radical (unpaired) electrons. The second-order valence-electron chi connectivity index (χ2n) is 4.23. The van der Waals surface area contributed by atoms with Gasteiger partial charge in [0.05, 0.1) is 0 Å². The minimum absolute atomic E-state index is 0.421. The number of benzene rings is 1. The SMILES string of the molecule is c1ccc(OCCOc2nccnc2-c2ccsc2)cc1. The third kappa shape index (κ3) is 3.58. The summed E-state index contributed by atoms with van der Waals surface area (Å²) in [5.41, 5.74) is 1.78. The van der Waals surface area contributed by atoms with Crippen molar-refractivity contribution >= 4 is 11.3 Å². The Hall–Kier alpha value is -2.40. The third-order valence-electron chi connectivity index (χ3n) is 2.79. The summed E-state index contributed by atoms with van der Waals surface area (Å²) >= 11 is 1.62. The monoisotopic (exact) mass is 298 g/mol. The van der Waals surface area contributed by atoms with Crippen LogP contribution in [0, 0.1) is 0 Å². The van der Waals surface area contributed by atoms with Crippen LogP contribution in [0.25, 0.3) is 11.3 Å². The zero-order valence-corrected chi connectivity index (χ0v) is 12.1. The molecule has 106 valence electrons. The topological polar surface area (TPSA) is 44.2 Å². The molecule has 3 rings (SSSR count). The number of aromatic nitrogens is 2. The quantitative estimate of drug-likeness (QED) is 0.651. The van der Waals surface area contributed by atoms with Gasteiger partial charge in [-0.05, 0) is 23.6 Å². The fourth-order valence-corrected chi connectivity index (χ4v) is 2.48. The van der Waals surface area contributed by atoms with E-state index in [-0.39, 0.29) is 0 Å². The van der Waals surface area contributed by atoms with Crippen molar-refractivity contribution in [2.24, 2.45) is 0 Å². The van der Waals surface area contributed by atoms with Gasteiger partial charge in [-0.25, -0.2) is 9.97 Å². The number of thiophene rings is 1. The van der Waals surface area contributed by atoms with Gasteiger partial charge in [0, 0.05) is 23.3 Å². The van der Waals surface area contributed by atoms with E-state index in [1.54, 1.807) is 23.7 Å². The van der Waals surface area contributed by atoms with Crippen LogP contribution in [-0.4, -0.2) is 23.2 Å². The number of hydrogen-bond donors (Lipinski definition) is 0. The van der Waals surface area contributed by atoms with Gasteiger partial charge in [-0.3, -0.25) is 0 Å². The molecule has 2 aromatic heterocycles. The minimum atomic E-state index is 0.421. The fourth-order valence-electron chi connectivity index (χ4n) is 1.84. The highest BCUT2D eigenvalue weighted by Crippen LogP contribution is 2.26. The van der Waals surface area contributed by atoms with Crippen LogP contribution in [0.15, 0.2) is 59.6 Å². The van der Waals surface area contributed by atoms with E-state index in [1.807, 2.05) is 47.2 Å². The molecule has 21 heavy (non-hydrogen) atoms. The Kier molecular flexibility index (Phi) is 4.43. The van der Waals surface area contributed by atoms with Crippen LogP contribution < -0.4 is 9.47 Å². The van der Waals surface area contributed by atoms with Crippen molar-refractivity contribution in [2.75, 3.05) is 13.2 Å². The van der Waals surface area contributed by atoms with Crippen molar-refractivity contribution in [3.63, 3.8) is 0 Å². The molecular formula is C16H14N2O2S. The second kappa shape index (κ2) is 6.85. The Labute approximate surface area is 127 Å². The molecule has 0 aliphatic rings. The molecule has 0 aliphatic heterocycles. The van der Waals surface area contributed by atoms with E-state index < -0.39 is 0 Å². The molecule has 0 bridgehead atoms. The van der Waals surface area contributed by atoms with Crippen molar-refractivity contribution in [3.05, 3.63) is 59.6 Å². The summed E-state index contributed by atoms with van der Waals surface area (Å²) in [5, 5.41) is 4.03. The predicted octanol–water partition coefficient (Wildman–Crippen LogP) is 3.66. The van der Waals surface area contributed by atoms with E-state index in [0.717, 1.165) is 17.0 Å². The molecule has 5 heteroatoms. The molecule has 0 N–H and O–H groups in total. The Morgan fingerprint density at radius 2 is 1.71 bits per heavy atom. The van der Waals surface area contributed by atoms with E-state index in [0.29, 0.717) is 19.1 Å². The molecule has 0 spiro atoms. The first-order valence-corrected chi connectivity index (χ1v) is 7.52. The smallest absolute Gasteiger partial charge is 0.240 e. The average molecular weight is 298 g/mol. The Morgan fingerprint density at radius 1 is 0.905 bits per heavy atom. The van der Waals surface area contributed by atoms with Crippen molar-refractivity contribution in [2.45, 2.75) is 0 Å². The van der Waals surface area contributed by atoms with Crippen LogP contribution in [0.1, 0.15) is 0 Å². The van der Waals surface area contributed by atoms with Gasteiger partial charge < -0.3 is 9.47 Å². The molecule has 0 fully saturated rings. The molecule has 0 saturated carbocycles. The third-order valence-corrected chi connectivity index (χ3v) is 3.48. The van der Waals surface area contributed by atoms with E-state index >= 15 is 0 Å². The standard InChI is InChI=1S/C16H14N2O2S/c1-2-4-14(5-3-1)19-9-10-20-16-15(17-7-8-18-16)13-6-11-21-12-13/h1-8,11-12H,9-10H2. The average Bonchev–Trinajstić information content (AvgIpc) is 3.07. The lowest BCUT2D eigenvalue weighted by molar-refractivity contribution is 0.212. The first-order chi connectivity index (χ1) is 10.4. The Morgan fingerprint density at radius 3 is 2.52 bits per heavy atom. The lowest BCUT2D eigenvalue weighted by Gasteiger charge is -2.09. The summed E-state index contributed by atoms with van der Waals surface area (Å²) in [6.45, 7) is 0.883. The first-order valence-electron chi connectivity index (χ1n) is 6.58. The van der Waals surface area contributed by atoms with Gasteiger partial charge in [-0.1, -0.05) is 18.2 Å². The maximum absolute atomic E-state index is 5.69. The predicted molar refractivity (Wildman–Crippen MR) is 82.8 cm³/mol. The van der Waals surface area contributed by atoms with Crippen LogP contribution >= 0.6 is 11.3 Å². The number of rotatable bonds is 6. The van der Waals surface area contributed by atoms with E-state index in [2.05, 4.69) is 9.97 Å². The van der Waals surface area contributed by atoms with Gasteiger partial charge in [-0.15, -0.1) is 0 Å². The van der Waals surface area contributed by atoms with E-state index in [4.69, 9.17) is 9.47 Å². The summed E-state index contributed by atoms with van der Waals surface area (Å²) < 4.78 is 11.3. The second-order valence-corrected chi connectivity index (χ2v) is 5.01.